The zero-order valence-corrected chi connectivity index (χ0v) is 19.7. The number of hydrogen-bond acceptors (Lipinski definition) is 5. The second kappa shape index (κ2) is 8.50. The van der Waals surface area contributed by atoms with Crippen molar-refractivity contribution >= 4 is 57.1 Å². The van der Waals surface area contributed by atoms with Crippen LogP contribution in [-0.2, 0) is 16.1 Å². The van der Waals surface area contributed by atoms with Gasteiger partial charge in [0, 0.05) is 5.56 Å². The summed E-state index contributed by atoms with van der Waals surface area (Å²) < 4.78 is 5.61. The molecule has 0 aliphatic carbocycles. The fraction of sp³-hybridized carbons (Fsp3) is 0.115. The van der Waals surface area contributed by atoms with Crippen LogP contribution in [0.4, 0.5) is 11.4 Å². The summed E-state index contributed by atoms with van der Waals surface area (Å²) in [5.41, 5.74) is 4.79. The van der Waals surface area contributed by atoms with E-state index in [0.29, 0.717) is 32.8 Å². The summed E-state index contributed by atoms with van der Waals surface area (Å²) in [5, 5.41) is 0. The van der Waals surface area contributed by atoms with E-state index >= 15 is 0 Å². The maximum Gasteiger partial charge on any atom is 0.271 e. The van der Waals surface area contributed by atoms with E-state index in [2.05, 4.69) is 0 Å². The SMILES string of the molecule is COc1ccc(N2C(=O)/C(=C3/C(=O)N(Cc4ccc(C)cc4)c4ccccc43)SC2=S)cc1. The van der Waals surface area contributed by atoms with E-state index in [4.69, 9.17) is 17.0 Å². The van der Waals surface area contributed by atoms with Gasteiger partial charge in [0.05, 0.1) is 35.5 Å². The van der Waals surface area contributed by atoms with Crippen LogP contribution in [-0.4, -0.2) is 23.2 Å². The van der Waals surface area contributed by atoms with Gasteiger partial charge in [-0.25, -0.2) is 0 Å². The number of para-hydroxylation sites is 1. The molecule has 1 saturated heterocycles. The molecule has 3 aromatic rings. The number of methoxy groups -OCH3 is 1. The number of ether oxygens (including phenoxy) is 1. The second-order valence-electron chi connectivity index (χ2n) is 7.80. The van der Waals surface area contributed by atoms with E-state index in [-0.39, 0.29) is 11.8 Å². The molecule has 2 aliphatic rings. The van der Waals surface area contributed by atoms with E-state index in [1.807, 2.05) is 55.5 Å². The Bertz CT molecular complexity index is 1310. The van der Waals surface area contributed by atoms with Crippen molar-refractivity contribution in [2.24, 2.45) is 0 Å². The second-order valence-corrected chi connectivity index (χ2v) is 9.45. The van der Waals surface area contributed by atoms with Crippen LogP contribution in [0.5, 0.6) is 5.75 Å². The highest BCUT2D eigenvalue weighted by Crippen LogP contribution is 2.46. The van der Waals surface area contributed by atoms with Crippen molar-refractivity contribution in [1.82, 2.24) is 0 Å². The van der Waals surface area contributed by atoms with Gasteiger partial charge < -0.3 is 9.64 Å². The molecule has 5 nitrogen and oxygen atoms in total. The first-order valence-corrected chi connectivity index (χ1v) is 11.6. The zero-order chi connectivity index (χ0) is 23.1. The Kier molecular flexibility index (Phi) is 5.52. The van der Waals surface area contributed by atoms with Crippen molar-refractivity contribution in [1.29, 1.82) is 0 Å². The summed E-state index contributed by atoms with van der Waals surface area (Å²) in [5.74, 6) is 0.215. The Balaban J connectivity index is 1.54. The van der Waals surface area contributed by atoms with Gasteiger partial charge in [0.25, 0.3) is 11.8 Å². The van der Waals surface area contributed by atoms with Gasteiger partial charge in [-0.1, -0.05) is 72.0 Å². The number of anilines is 2. The summed E-state index contributed by atoms with van der Waals surface area (Å²) in [7, 11) is 1.59. The van der Waals surface area contributed by atoms with E-state index in [1.54, 1.807) is 36.3 Å². The van der Waals surface area contributed by atoms with Crippen LogP contribution in [0.15, 0.2) is 77.7 Å². The lowest BCUT2D eigenvalue weighted by molar-refractivity contribution is -0.115. The molecule has 164 valence electrons. The first-order valence-electron chi connectivity index (χ1n) is 10.4. The van der Waals surface area contributed by atoms with Crippen molar-refractivity contribution in [2.45, 2.75) is 13.5 Å². The third-order valence-electron chi connectivity index (χ3n) is 5.71. The summed E-state index contributed by atoms with van der Waals surface area (Å²) in [6.07, 6.45) is 0. The lowest BCUT2D eigenvalue weighted by Gasteiger charge is -2.17. The van der Waals surface area contributed by atoms with E-state index in [0.717, 1.165) is 22.4 Å². The number of nitrogens with zero attached hydrogens (tertiary/aromatic N) is 2. The Labute approximate surface area is 201 Å². The van der Waals surface area contributed by atoms with Crippen LogP contribution in [0.2, 0.25) is 0 Å². The Morgan fingerprint density at radius 2 is 1.61 bits per heavy atom. The van der Waals surface area contributed by atoms with E-state index in [9.17, 15) is 9.59 Å². The molecule has 0 spiro atoms. The molecule has 2 heterocycles. The quantitative estimate of drug-likeness (QED) is 0.380. The standard InChI is InChI=1S/C26H20N2O3S2/c1-16-7-9-17(10-8-16)15-27-21-6-4-3-5-20(21)22(24(27)29)23-25(30)28(26(32)33-23)18-11-13-19(31-2)14-12-18/h3-14H,15H2,1-2H3/b23-22-. The molecule has 3 aromatic carbocycles. The summed E-state index contributed by atoms with van der Waals surface area (Å²) in [6, 6.07) is 22.8. The van der Waals surface area contributed by atoms with Crippen molar-refractivity contribution in [3.63, 3.8) is 0 Å². The molecular weight excluding hydrogens is 452 g/mol. The van der Waals surface area contributed by atoms with E-state index < -0.39 is 0 Å². The number of thiocarbonyl (C=S) groups is 1. The van der Waals surface area contributed by atoms with Gasteiger partial charge in [0.15, 0.2) is 4.32 Å². The van der Waals surface area contributed by atoms with Crippen LogP contribution in [0.3, 0.4) is 0 Å². The zero-order valence-electron chi connectivity index (χ0n) is 18.1. The molecule has 0 saturated carbocycles. The van der Waals surface area contributed by atoms with Gasteiger partial charge in [-0.3, -0.25) is 14.5 Å². The van der Waals surface area contributed by atoms with Gasteiger partial charge in [0.1, 0.15) is 5.75 Å². The Hall–Kier alpha value is -3.42. The summed E-state index contributed by atoms with van der Waals surface area (Å²) in [6.45, 7) is 2.46. The lowest BCUT2D eigenvalue weighted by Crippen LogP contribution is -2.29. The van der Waals surface area contributed by atoms with Crippen LogP contribution in [0.1, 0.15) is 16.7 Å². The van der Waals surface area contributed by atoms with E-state index in [1.165, 1.54) is 16.7 Å². The molecule has 0 unspecified atom stereocenters. The molecule has 5 rings (SSSR count). The van der Waals surface area contributed by atoms with Gasteiger partial charge in [-0.15, -0.1) is 0 Å². The van der Waals surface area contributed by atoms with Gasteiger partial charge in [0.2, 0.25) is 0 Å². The molecule has 0 radical (unpaired) electrons. The molecule has 33 heavy (non-hydrogen) atoms. The van der Waals surface area contributed by atoms with Crippen LogP contribution < -0.4 is 14.5 Å². The van der Waals surface area contributed by atoms with Gasteiger partial charge >= 0.3 is 0 Å². The number of benzene rings is 3. The average Bonchev–Trinajstić information content (AvgIpc) is 3.27. The van der Waals surface area contributed by atoms with Crippen molar-refractivity contribution < 1.29 is 14.3 Å². The fourth-order valence-corrected chi connectivity index (χ4v) is 5.38. The van der Waals surface area contributed by atoms with Crippen LogP contribution in [0, 0.1) is 6.92 Å². The van der Waals surface area contributed by atoms with Crippen molar-refractivity contribution in [2.75, 3.05) is 16.9 Å². The minimum Gasteiger partial charge on any atom is -0.497 e. The molecule has 0 atom stereocenters. The maximum absolute atomic E-state index is 13.6. The number of aryl methyl sites for hydroxylation is 1. The lowest BCUT2D eigenvalue weighted by atomic mass is 10.1. The molecule has 2 amide bonds. The maximum atomic E-state index is 13.6. The molecule has 1 fully saturated rings. The molecule has 7 heteroatoms. The van der Waals surface area contributed by atoms with Gasteiger partial charge in [-0.2, -0.15) is 0 Å². The first kappa shape index (κ1) is 21.4. The number of fused-ring (bicyclic) bond motifs is 1. The predicted molar refractivity (Wildman–Crippen MR) is 136 cm³/mol. The highest BCUT2D eigenvalue weighted by molar-refractivity contribution is 8.27. The molecule has 2 aliphatic heterocycles. The monoisotopic (exact) mass is 472 g/mol. The molecule has 0 bridgehead atoms. The molecule has 0 aromatic heterocycles. The Morgan fingerprint density at radius 1 is 0.909 bits per heavy atom. The summed E-state index contributed by atoms with van der Waals surface area (Å²) >= 11 is 6.71. The molecular formula is C26H20N2O3S2. The Morgan fingerprint density at radius 3 is 2.30 bits per heavy atom. The van der Waals surface area contributed by atoms with Crippen molar-refractivity contribution in [3.05, 3.63) is 94.4 Å². The predicted octanol–water partition coefficient (Wildman–Crippen LogP) is 5.33. The fourth-order valence-electron chi connectivity index (χ4n) is 4.01. The third kappa shape index (κ3) is 3.73. The number of thioether (sulfide) groups is 1. The highest BCUT2D eigenvalue weighted by atomic mass is 32.2. The minimum atomic E-state index is -0.287. The normalized spacial score (nSPS) is 17.7. The van der Waals surface area contributed by atoms with Crippen LogP contribution in [0.25, 0.3) is 5.57 Å². The smallest absolute Gasteiger partial charge is 0.271 e. The third-order valence-corrected chi connectivity index (χ3v) is 7.08. The van der Waals surface area contributed by atoms with Gasteiger partial charge in [-0.05, 0) is 42.8 Å². The topological polar surface area (TPSA) is 49.9 Å². The average molecular weight is 473 g/mol. The van der Waals surface area contributed by atoms with Crippen molar-refractivity contribution in [3.8, 4) is 5.75 Å². The number of hydrogen-bond donors (Lipinski definition) is 0. The molecule has 0 N–H and O–H groups in total. The van der Waals surface area contributed by atoms with Crippen LogP contribution >= 0.6 is 24.0 Å². The number of amides is 2. The first-order chi connectivity index (χ1) is 16.0. The number of carbonyl (C=O) groups excluding carboxylic acids is 2. The largest absolute Gasteiger partial charge is 0.497 e. The minimum absolute atomic E-state index is 0.188. The summed E-state index contributed by atoms with van der Waals surface area (Å²) in [4.78, 5) is 30.7. The highest BCUT2D eigenvalue weighted by Gasteiger charge is 2.42. The number of rotatable bonds is 4. The number of carbonyl (C=O) groups is 2.